The van der Waals surface area contributed by atoms with Crippen molar-refractivity contribution < 1.29 is 4.74 Å². The Bertz CT molecular complexity index is 571. The normalized spacial score (nSPS) is 23.6. The zero-order chi connectivity index (χ0) is 11.9. The van der Waals surface area contributed by atoms with Crippen LogP contribution in [0, 0.1) is 0 Å². The van der Waals surface area contributed by atoms with Gasteiger partial charge in [-0.3, -0.25) is 0 Å². The lowest BCUT2D eigenvalue weighted by Crippen LogP contribution is -2.19. The van der Waals surface area contributed by atoms with Crippen LogP contribution < -0.4 is 4.90 Å². The highest BCUT2D eigenvalue weighted by molar-refractivity contribution is 5.87. The molecule has 2 aliphatic rings. The molecule has 94 valence electrons. The number of anilines is 1. The Morgan fingerprint density at radius 2 is 2.17 bits per heavy atom. The summed E-state index contributed by atoms with van der Waals surface area (Å²) in [5.41, 5.74) is 0.888. The number of rotatable bonds is 2. The second kappa shape index (κ2) is 3.91. The summed E-state index contributed by atoms with van der Waals surface area (Å²) < 4.78 is 7.68. The van der Waals surface area contributed by atoms with E-state index in [0.29, 0.717) is 0 Å². The number of aromatic nitrogens is 4. The second-order valence-corrected chi connectivity index (χ2v) is 4.83. The molecule has 6 nitrogen and oxygen atoms in total. The Balaban J connectivity index is 1.79. The molecule has 0 amide bonds. The van der Waals surface area contributed by atoms with Crippen LogP contribution in [0.25, 0.3) is 11.0 Å². The number of hydrogen-bond acceptors (Lipinski definition) is 5. The van der Waals surface area contributed by atoms with Crippen LogP contribution in [0.3, 0.4) is 0 Å². The van der Waals surface area contributed by atoms with Crippen LogP contribution in [0.5, 0.6) is 0 Å². The van der Waals surface area contributed by atoms with Crippen molar-refractivity contribution in [2.75, 3.05) is 24.6 Å². The Labute approximate surface area is 105 Å². The Morgan fingerprint density at radius 3 is 2.94 bits per heavy atom. The molecule has 0 spiro atoms. The minimum atomic E-state index is 0.0354. The molecule has 0 radical (unpaired) electrons. The first-order chi connectivity index (χ1) is 8.93. The first-order valence-corrected chi connectivity index (χ1v) is 6.48. The molecule has 2 saturated heterocycles. The predicted octanol–water partition coefficient (Wildman–Crippen LogP) is 1.35. The van der Waals surface area contributed by atoms with Crippen LogP contribution in [0.4, 0.5) is 5.82 Å². The number of hydrogen-bond donors (Lipinski definition) is 0. The molecule has 2 aromatic heterocycles. The summed E-state index contributed by atoms with van der Waals surface area (Å²) in [5.74, 6) is 1.00. The van der Waals surface area contributed by atoms with Gasteiger partial charge in [-0.05, 0) is 19.3 Å². The van der Waals surface area contributed by atoms with Crippen LogP contribution in [0.2, 0.25) is 0 Å². The van der Waals surface area contributed by atoms with E-state index in [1.165, 1.54) is 6.42 Å². The molecule has 2 aliphatic heterocycles. The van der Waals surface area contributed by atoms with E-state index in [1.807, 2.05) is 10.9 Å². The molecule has 0 bridgehead atoms. The van der Waals surface area contributed by atoms with E-state index in [-0.39, 0.29) is 6.23 Å². The zero-order valence-corrected chi connectivity index (χ0v) is 10.1. The summed E-state index contributed by atoms with van der Waals surface area (Å²) in [6.45, 7) is 2.98. The van der Waals surface area contributed by atoms with Gasteiger partial charge in [-0.1, -0.05) is 0 Å². The van der Waals surface area contributed by atoms with Crippen LogP contribution in [-0.2, 0) is 4.74 Å². The van der Waals surface area contributed by atoms with Gasteiger partial charge in [0.25, 0.3) is 0 Å². The number of nitrogens with zero attached hydrogens (tertiary/aromatic N) is 5. The van der Waals surface area contributed by atoms with Gasteiger partial charge in [0, 0.05) is 19.7 Å². The fraction of sp³-hybridized carbons (Fsp3) is 0.583. The Morgan fingerprint density at radius 1 is 1.22 bits per heavy atom. The summed E-state index contributed by atoms with van der Waals surface area (Å²) in [4.78, 5) is 10.9. The van der Waals surface area contributed by atoms with Crippen molar-refractivity contribution in [3.63, 3.8) is 0 Å². The maximum atomic E-state index is 5.77. The molecule has 0 unspecified atom stereocenters. The standard InChI is InChI=1S/C12H15N5O/c1-2-6-18-10(3-1)17-12-9(7-15-17)11(13-8-14-12)16-4-5-16/h7-8,10H,1-6H2/t10-/m0/s1. The summed E-state index contributed by atoms with van der Waals surface area (Å²) in [5, 5.41) is 5.48. The second-order valence-electron chi connectivity index (χ2n) is 4.83. The van der Waals surface area contributed by atoms with Gasteiger partial charge in [0.2, 0.25) is 0 Å². The van der Waals surface area contributed by atoms with E-state index in [4.69, 9.17) is 4.74 Å². The van der Waals surface area contributed by atoms with Gasteiger partial charge in [-0.15, -0.1) is 0 Å². The molecule has 6 heteroatoms. The van der Waals surface area contributed by atoms with Crippen LogP contribution in [-0.4, -0.2) is 39.4 Å². The van der Waals surface area contributed by atoms with Gasteiger partial charge in [-0.25, -0.2) is 14.6 Å². The van der Waals surface area contributed by atoms with Crippen molar-refractivity contribution in [2.45, 2.75) is 25.5 Å². The van der Waals surface area contributed by atoms with Crippen molar-refractivity contribution in [2.24, 2.45) is 0 Å². The Hall–Kier alpha value is -1.69. The summed E-state index contributed by atoms with van der Waals surface area (Å²) >= 11 is 0. The van der Waals surface area contributed by atoms with Crippen molar-refractivity contribution in [1.29, 1.82) is 0 Å². The smallest absolute Gasteiger partial charge is 0.165 e. The molecule has 0 aromatic carbocycles. The molecule has 1 atom stereocenters. The van der Waals surface area contributed by atoms with Gasteiger partial charge in [0.1, 0.15) is 12.1 Å². The lowest BCUT2D eigenvalue weighted by Gasteiger charge is -2.22. The first kappa shape index (κ1) is 10.3. The predicted molar refractivity (Wildman–Crippen MR) is 66.4 cm³/mol. The zero-order valence-electron chi connectivity index (χ0n) is 10.1. The highest BCUT2D eigenvalue weighted by Crippen LogP contribution is 2.30. The van der Waals surface area contributed by atoms with Gasteiger partial charge < -0.3 is 9.64 Å². The fourth-order valence-corrected chi connectivity index (χ4v) is 2.49. The molecule has 2 aromatic rings. The van der Waals surface area contributed by atoms with Gasteiger partial charge >= 0.3 is 0 Å². The minimum absolute atomic E-state index is 0.0354. The molecule has 0 saturated carbocycles. The van der Waals surface area contributed by atoms with E-state index in [2.05, 4.69) is 20.0 Å². The molecule has 2 fully saturated rings. The summed E-state index contributed by atoms with van der Waals surface area (Å²) in [6.07, 6.45) is 6.87. The van der Waals surface area contributed by atoms with E-state index < -0.39 is 0 Å². The van der Waals surface area contributed by atoms with E-state index in [9.17, 15) is 0 Å². The summed E-state index contributed by atoms with van der Waals surface area (Å²) in [7, 11) is 0. The average molecular weight is 245 g/mol. The third-order valence-electron chi connectivity index (χ3n) is 3.55. The third-order valence-corrected chi connectivity index (χ3v) is 3.55. The third kappa shape index (κ3) is 1.56. The van der Waals surface area contributed by atoms with E-state index in [0.717, 1.165) is 49.4 Å². The van der Waals surface area contributed by atoms with Crippen molar-refractivity contribution >= 4 is 16.9 Å². The quantitative estimate of drug-likeness (QED) is 0.747. The number of fused-ring (bicyclic) bond motifs is 1. The van der Waals surface area contributed by atoms with Gasteiger partial charge in [0.15, 0.2) is 11.9 Å². The lowest BCUT2D eigenvalue weighted by atomic mass is 10.2. The highest BCUT2D eigenvalue weighted by atomic mass is 16.5. The molecule has 18 heavy (non-hydrogen) atoms. The van der Waals surface area contributed by atoms with Crippen LogP contribution >= 0.6 is 0 Å². The highest BCUT2D eigenvalue weighted by Gasteiger charge is 2.25. The molecular weight excluding hydrogens is 230 g/mol. The molecule has 0 N–H and O–H groups in total. The largest absolute Gasteiger partial charge is 0.356 e. The van der Waals surface area contributed by atoms with Crippen molar-refractivity contribution in [1.82, 2.24) is 19.7 Å². The minimum Gasteiger partial charge on any atom is -0.356 e. The molecule has 4 rings (SSSR count). The van der Waals surface area contributed by atoms with Crippen LogP contribution in [0.1, 0.15) is 25.5 Å². The van der Waals surface area contributed by atoms with E-state index in [1.54, 1.807) is 6.33 Å². The molecule has 4 heterocycles. The molecular formula is C12H15N5O. The Kier molecular flexibility index (Phi) is 2.23. The lowest BCUT2D eigenvalue weighted by molar-refractivity contribution is -0.0370. The van der Waals surface area contributed by atoms with E-state index >= 15 is 0 Å². The van der Waals surface area contributed by atoms with Gasteiger partial charge in [-0.2, -0.15) is 5.10 Å². The SMILES string of the molecule is c1nc(N2CC2)c2cnn([C@@H]3CCCCO3)c2n1. The first-order valence-electron chi connectivity index (χ1n) is 6.48. The van der Waals surface area contributed by atoms with Gasteiger partial charge in [0.05, 0.1) is 11.6 Å². The topological polar surface area (TPSA) is 55.8 Å². The number of ether oxygens (including phenoxy) is 1. The summed E-state index contributed by atoms with van der Waals surface area (Å²) in [6, 6.07) is 0. The maximum Gasteiger partial charge on any atom is 0.165 e. The monoisotopic (exact) mass is 245 g/mol. The van der Waals surface area contributed by atoms with Crippen LogP contribution in [0.15, 0.2) is 12.5 Å². The maximum absolute atomic E-state index is 5.77. The average Bonchev–Trinajstić information content (AvgIpc) is 3.18. The van der Waals surface area contributed by atoms with Crippen molar-refractivity contribution in [3.05, 3.63) is 12.5 Å². The fourth-order valence-electron chi connectivity index (χ4n) is 2.49. The van der Waals surface area contributed by atoms with Crippen molar-refractivity contribution in [3.8, 4) is 0 Å². The molecule has 0 aliphatic carbocycles.